The smallest absolute Gasteiger partial charge is 0.255 e. The molecule has 0 bridgehead atoms. The monoisotopic (exact) mass is 333 g/mol. The van der Waals surface area contributed by atoms with E-state index in [0.29, 0.717) is 11.5 Å². The molecule has 0 saturated heterocycles. The van der Waals surface area contributed by atoms with Crippen LogP contribution in [0.4, 0.5) is 5.69 Å². The Morgan fingerprint density at radius 2 is 2.04 bits per heavy atom. The molecule has 25 heavy (non-hydrogen) atoms. The summed E-state index contributed by atoms with van der Waals surface area (Å²) in [7, 11) is 0. The molecule has 0 fully saturated rings. The Kier molecular flexibility index (Phi) is 4.06. The quantitative estimate of drug-likeness (QED) is 0.665. The van der Waals surface area contributed by atoms with Crippen LogP contribution >= 0.6 is 0 Å². The first kappa shape index (κ1) is 15.9. The highest BCUT2D eigenvalue weighted by atomic mass is 16.1. The first-order valence-electron chi connectivity index (χ1n) is 8.92. The summed E-state index contributed by atoms with van der Waals surface area (Å²) < 4.78 is 0. The maximum absolute atomic E-state index is 12.4. The second kappa shape index (κ2) is 6.37. The summed E-state index contributed by atoms with van der Waals surface area (Å²) in [6, 6.07) is 15.4. The van der Waals surface area contributed by atoms with Crippen molar-refractivity contribution in [1.82, 2.24) is 4.98 Å². The number of anilines is 1. The molecule has 1 aliphatic rings. The second-order valence-electron chi connectivity index (χ2n) is 6.92. The molecule has 2 unspecified atom stereocenters. The van der Waals surface area contributed by atoms with Crippen molar-refractivity contribution < 1.29 is 4.79 Å². The first-order chi connectivity index (χ1) is 12.2. The highest BCUT2D eigenvalue weighted by Crippen LogP contribution is 2.38. The van der Waals surface area contributed by atoms with Crippen molar-refractivity contribution in [3.8, 4) is 0 Å². The molecule has 2 atom stereocenters. The maximum atomic E-state index is 12.4. The molecular weight excluding hydrogens is 310 g/mol. The van der Waals surface area contributed by atoms with Crippen LogP contribution in [-0.2, 0) is 6.42 Å². The average molecular weight is 333 g/mol. The number of carbonyl (C=O) groups excluding carboxylic acids is 1. The van der Waals surface area contributed by atoms with E-state index in [1.165, 1.54) is 10.9 Å². The van der Waals surface area contributed by atoms with Crippen LogP contribution in [0.1, 0.15) is 47.4 Å². The number of aromatic amines is 1. The van der Waals surface area contributed by atoms with Crippen molar-refractivity contribution in [3.05, 3.63) is 65.4 Å². The summed E-state index contributed by atoms with van der Waals surface area (Å²) in [5.74, 6) is 0.538. The van der Waals surface area contributed by atoms with Gasteiger partial charge >= 0.3 is 0 Å². The Balaban J connectivity index is 1.67. The van der Waals surface area contributed by atoms with E-state index < -0.39 is 0 Å². The molecule has 0 radical (unpaired) electrons. The highest BCUT2D eigenvalue weighted by molar-refractivity contribution is 6.05. The third kappa shape index (κ3) is 2.94. The van der Waals surface area contributed by atoms with Crippen LogP contribution in [0.25, 0.3) is 10.9 Å². The van der Waals surface area contributed by atoms with Crippen LogP contribution in [0, 0.1) is 5.92 Å². The summed E-state index contributed by atoms with van der Waals surface area (Å²) in [6.45, 7) is 2.22. The van der Waals surface area contributed by atoms with Crippen molar-refractivity contribution in [2.75, 3.05) is 5.32 Å². The van der Waals surface area contributed by atoms with Crippen molar-refractivity contribution in [2.24, 2.45) is 11.7 Å². The topological polar surface area (TPSA) is 70.9 Å². The number of hydrogen-bond acceptors (Lipinski definition) is 2. The standard InChI is InChI=1S/C21H23N3O/c1-2-13-10-17-16-12-15(23-21(25)14-6-4-3-5-7-14)8-9-19(16)24-20(17)18(22)11-13/h3-9,12-13,18,24H,2,10-11,22H2,1H3,(H,23,25). The van der Waals surface area contributed by atoms with Gasteiger partial charge in [0.25, 0.3) is 5.91 Å². The molecule has 0 spiro atoms. The number of fused-ring (bicyclic) bond motifs is 3. The zero-order valence-electron chi connectivity index (χ0n) is 14.4. The predicted molar refractivity (Wildman–Crippen MR) is 102 cm³/mol. The first-order valence-corrected chi connectivity index (χ1v) is 8.92. The lowest BCUT2D eigenvalue weighted by Gasteiger charge is -2.26. The van der Waals surface area contributed by atoms with Gasteiger partial charge in [0.1, 0.15) is 0 Å². The maximum Gasteiger partial charge on any atom is 0.255 e. The van der Waals surface area contributed by atoms with Gasteiger partial charge in [-0.3, -0.25) is 4.79 Å². The molecule has 4 heteroatoms. The number of aromatic nitrogens is 1. The van der Waals surface area contributed by atoms with Crippen LogP contribution in [0.5, 0.6) is 0 Å². The third-order valence-corrected chi connectivity index (χ3v) is 5.26. The number of hydrogen-bond donors (Lipinski definition) is 3. The van der Waals surface area contributed by atoms with E-state index in [1.54, 1.807) is 0 Å². The number of nitrogens with one attached hydrogen (secondary N) is 2. The zero-order valence-corrected chi connectivity index (χ0v) is 14.4. The van der Waals surface area contributed by atoms with Crippen molar-refractivity contribution in [1.29, 1.82) is 0 Å². The molecule has 1 amide bonds. The lowest BCUT2D eigenvalue weighted by Crippen LogP contribution is -2.23. The summed E-state index contributed by atoms with van der Waals surface area (Å²) >= 11 is 0. The predicted octanol–water partition coefficient (Wildman–Crippen LogP) is 4.39. The van der Waals surface area contributed by atoms with Gasteiger partial charge in [-0.25, -0.2) is 0 Å². The minimum Gasteiger partial charge on any atom is -0.357 e. The van der Waals surface area contributed by atoms with Gasteiger partial charge in [-0.05, 0) is 54.7 Å². The van der Waals surface area contributed by atoms with Gasteiger partial charge in [-0.15, -0.1) is 0 Å². The van der Waals surface area contributed by atoms with Gasteiger partial charge in [0.15, 0.2) is 0 Å². The van der Waals surface area contributed by atoms with Gasteiger partial charge in [0.05, 0.1) is 0 Å². The van der Waals surface area contributed by atoms with Crippen LogP contribution in [0.2, 0.25) is 0 Å². The van der Waals surface area contributed by atoms with Gasteiger partial charge in [-0.2, -0.15) is 0 Å². The van der Waals surface area contributed by atoms with Crippen LogP contribution in [0.3, 0.4) is 0 Å². The fourth-order valence-electron chi connectivity index (χ4n) is 3.84. The normalized spacial score (nSPS) is 19.6. The largest absolute Gasteiger partial charge is 0.357 e. The van der Waals surface area contributed by atoms with E-state index in [-0.39, 0.29) is 11.9 Å². The molecule has 4 nitrogen and oxygen atoms in total. The van der Waals surface area contributed by atoms with Gasteiger partial charge in [0, 0.05) is 33.9 Å². The lowest BCUT2D eigenvalue weighted by atomic mass is 9.82. The molecule has 0 saturated carbocycles. The zero-order chi connectivity index (χ0) is 17.4. The summed E-state index contributed by atoms with van der Waals surface area (Å²) in [6.07, 6.45) is 3.23. The van der Waals surface area contributed by atoms with E-state index in [4.69, 9.17) is 5.73 Å². The molecule has 4 rings (SSSR count). The minimum absolute atomic E-state index is 0.0726. The van der Waals surface area contributed by atoms with Crippen LogP contribution in [-0.4, -0.2) is 10.9 Å². The average Bonchev–Trinajstić information content (AvgIpc) is 3.01. The molecule has 2 aromatic carbocycles. The Morgan fingerprint density at radius 3 is 2.80 bits per heavy atom. The van der Waals surface area contributed by atoms with E-state index in [1.807, 2.05) is 42.5 Å². The van der Waals surface area contributed by atoms with E-state index in [0.717, 1.165) is 36.2 Å². The molecule has 4 N–H and O–H groups in total. The van der Waals surface area contributed by atoms with Crippen molar-refractivity contribution in [3.63, 3.8) is 0 Å². The fraction of sp³-hybridized carbons (Fsp3) is 0.286. The molecule has 1 aromatic heterocycles. The highest BCUT2D eigenvalue weighted by Gasteiger charge is 2.27. The van der Waals surface area contributed by atoms with Crippen LogP contribution < -0.4 is 11.1 Å². The molecule has 3 aromatic rings. The number of rotatable bonds is 3. The Bertz CT molecular complexity index is 914. The molecule has 128 valence electrons. The number of nitrogens with two attached hydrogens (primary N) is 1. The number of benzene rings is 2. The number of H-pyrrole nitrogens is 1. The third-order valence-electron chi connectivity index (χ3n) is 5.26. The van der Waals surface area contributed by atoms with Crippen molar-refractivity contribution >= 4 is 22.5 Å². The van der Waals surface area contributed by atoms with Gasteiger partial charge < -0.3 is 16.0 Å². The van der Waals surface area contributed by atoms with Crippen LogP contribution in [0.15, 0.2) is 48.5 Å². The Hall–Kier alpha value is -2.59. The molecule has 1 heterocycles. The van der Waals surface area contributed by atoms with E-state index >= 15 is 0 Å². The van der Waals surface area contributed by atoms with E-state index in [2.05, 4.69) is 23.3 Å². The summed E-state index contributed by atoms with van der Waals surface area (Å²) in [4.78, 5) is 15.9. The van der Waals surface area contributed by atoms with Gasteiger partial charge in [0.2, 0.25) is 0 Å². The summed E-state index contributed by atoms with van der Waals surface area (Å²) in [5, 5.41) is 4.17. The fourth-order valence-corrected chi connectivity index (χ4v) is 3.84. The number of amides is 1. The summed E-state index contributed by atoms with van der Waals surface area (Å²) in [5.41, 5.74) is 11.4. The molecular formula is C21H23N3O. The Labute approximate surface area is 147 Å². The van der Waals surface area contributed by atoms with Gasteiger partial charge in [-0.1, -0.05) is 31.5 Å². The molecule has 1 aliphatic carbocycles. The van der Waals surface area contributed by atoms with Crippen molar-refractivity contribution in [2.45, 2.75) is 32.2 Å². The molecule has 0 aliphatic heterocycles. The lowest BCUT2D eigenvalue weighted by molar-refractivity contribution is 0.102. The SMILES string of the molecule is CCC1Cc2c([nH]c3ccc(NC(=O)c4ccccc4)cc23)C(N)C1. The number of carbonyl (C=O) groups is 1. The second-order valence-corrected chi connectivity index (χ2v) is 6.92. The minimum atomic E-state index is -0.0903. The Morgan fingerprint density at radius 1 is 1.24 bits per heavy atom. The van der Waals surface area contributed by atoms with E-state index in [9.17, 15) is 4.79 Å².